The van der Waals surface area contributed by atoms with E-state index in [1.54, 1.807) is 7.05 Å². The smallest absolute Gasteiger partial charge is 0.231 e. The van der Waals surface area contributed by atoms with E-state index < -0.39 is 0 Å². The van der Waals surface area contributed by atoms with Gasteiger partial charge in [-0.2, -0.15) is 0 Å². The molecule has 3 rings (SSSR count). The Bertz CT molecular complexity index is 668. The number of carbonyl (C=O) groups is 1. The Morgan fingerprint density at radius 3 is 2.79 bits per heavy atom. The van der Waals surface area contributed by atoms with Crippen molar-refractivity contribution in [2.75, 3.05) is 7.05 Å². The zero-order chi connectivity index (χ0) is 17.2. The number of nitrogens with zero attached hydrogens (tertiary/aromatic N) is 2. The molecular formula is C20H27N3O. The first-order valence-electron chi connectivity index (χ1n) is 8.84. The first-order valence-corrected chi connectivity index (χ1v) is 8.84. The van der Waals surface area contributed by atoms with Crippen molar-refractivity contribution in [3.8, 4) is 0 Å². The van der Waals surface area contributed by atoms with Crippen LogP contribution in [0.3, 0.4) is 0 Å². The predicted octanol–water partition coefficient (Wildman–Crippen LogP) is 3.48. The summed E-state index contributed by atoms with van der Waals surface area (Å²) in [4.78, 5) is 18.1. The zero-order valence-electron chi connectivity index (χ0n) is 14.7. The number of hydrogen-bond donors (Lipinski definition) is 1. The summed E-state index contributed by atoms with van der Waals surface area (Å²) in [5.41, 5.74) is 8.19. The molecule has 4 heteroatoms. The van der Waals surface area contributed by atoms with Gasteiger partial charge in [0.2, 0.25) is 5.91 Å². The minimum Gasteiger partial charge on any atom is -0.369 e. The summed E-state index contributed by atoms with van der Waals surface area (Å²) >= 11 is 0. The van der Waals surface area contributed by atoms with E-state index in [9.17, 15) is 4.79 Å². The summed E-state index contributed by atoms with van der Waals surface area (Å²) in [5.74, 6) is 0.900. The number of aliphatic imine (C=N–C) groups is 1. The van der Waals surface area contributed by atoms with Crippen LogP contribution in [-0.2, 0) is 4.79 Å². The molecule has 0 aromatic heterocycles. The van der Waals surface area contributed by atoms with Gasteiger partial charge in [0.15, 0.2) is 5.96 Å². The van der Waals surface area contributed by atoms with Crippen molar-refractivity contribution >= 4 is 11.9 Å². The lowest BCUT2D eigenvalue weighted by Gasteiger charge is -2.34. The number of allylic oxidation sites excluding steroid dienone is 8. The van der Waals surface area contributed by atoms with E-state index in [0.717, 1.165) is 32.1 Å². The molecule has 0 aromatic rings. The van der Waals surface area contributed by atoms with Crippen LogP contribution >= 0.6 is 0 Å². The standard InChI is InChI=1S/C20H27N3O/c1-20(14-18(24)23(2)19(21)22-20)12-11-15-7-6-10-17(13-15)16-8-4-3-5-9-16/h4,6,8-10,13,15H,3,5,7,11-12,14H2,1-2H3,(H2,21,22). The van der Waals surface area contributed by atoms with Gasteiger partial charge in [-0.1, -0.05) is 36.5 Å². The Morgan fingerprint density at radius 2 is 2.08 bits per heavy atom. The minimum absolute atomic E-state index is 0.0577. The zero-order valence-corrected chi connectivity index (χ0v) is 14.7. The first kappa shape index (κ1) is 16.7. The third-order valence-electron chi connectivity index (χ3n) is 5.17. The van der Waals surface area contributed by atoms with Crippen LogP contribution in [0.2, 0.25) is 0 Å². The fourth-order valence-electron chi connectivity index (χ4n) is 3.57. The highest BCUT2D eigenvalue weighted by atomic mass is 16.2. The van der Waals surface area contributed by atoms with Crippen LogP contribution in [0.15, 0.2) is 52.6 Å². The maximum Gasteiger partial charge on any atom is 0.231 e. The molecule has 2 atom stereocenters. The van der Waals surface area contributed by atoms with Gasteiger partial charge < -0.3 is 5.73 Å². The van der Waals surface area contributed by atoms with Crippen molar-refractivity contribution in [3.63, 3.8) is 0 Å². The Morgan fingerprint density at radius 1 is 1.29 bits per heavy atom. The van der Waals surface area contributed by atoms with Gasteiger partial charge >= 0.3 is 0 Å². The summed E-state index contributed by atoms with van der Waals surface area (Å²) < 4.78 is 0. The fraction of sp³-hybridized carbons (Fsp3) is 0.500. The average molecular weight is 325 g/mol. The molecule has 4 nitrogen and oxygen atoms in total. The van der Waals surface area contributed by atoms with Gasteiger partial charge in [0.1, 0.15) is 0 Å². The molecule has 0 spiro atoms. The molecule has 1 amide bonds. The second kappa shape index (κ2) is 6.80. The van der Waals surface area contributed by atoms with E-state index in [2.05, 4.69) is 41.4 Å². The van der Waals surface area contributed by atoms with E-state index in [-0.39, 0.29) is 11.4 Å². The molecule has 0 fully saturated rings. The van der Waals surface area contributed by atoms with Crippen molar-refractivity contribution < 1.29 is 4.79 Å². The Balaban J connectivity index is 1.65. The van der Waals surface area contributed by atoms with Gasteiger partial charge in [0.25, 0.3) is 0 Å². The quantitative estimate of drug-likeness (QED) is 0.860. The van der Waals surface area contributed by atoms with Crippen molar-refractivity contribution in [1.29, 1.82) is 0 Å². The SMILES string of the molecule is CN1C(=O)CC(C)(CCC2C=C(C3=CCCC=C3)C=CC2)N=C1N. The van der Waals surface area contributed by atoms with E-state index >= 15 is 0 Å². The van der Waals surface area contributed by atoms with Crippen LogP contribution < -0.4 is 5.73 Å². The van der Waals surface area contributed by atoms with Crippen LogP contribution in [0.5, 0.6) is 0 Å². The number of guanidine groups is 1. The number of nitrogens with two attached hydrogens (primary N) is 1. The summed E-state index contributed by atoms with van der Waals surface area (Å²) in [6.07, 6.45) is 19.3. The first-order chi connectivity index (χ1) is 11.5. The largest absolute Gasteiger partial charge is 0.369 e. The summed E-state index contributed by atoms with van der Waals surface area (Å²) in [6, 6.07) is 0. The van der Waals surface area contributed by atoms with Gasteiger partial charge in [0.05, 0.1) is 12.0 Å². The van der Waals surface area contributed by atoms with E-state index in [1.165, 1.54) is 16.0 Å². The summed E-state index contributed by atoms with van der Waals surface area (Å²) in [6.45, 7) is 2.04. The van der Waals surface area contributed by atoms with Gasteiger partial charge in [-0.05, 0) is 56.1 Å². The van der Waals surface area contributed by atoms with Crippen LogP contribution in [0.4, 0.5) is 0 Å². The summed E-state index contributed by atoms with van der Waals surface area (Å²) in [7, 11) is 1.69. The minimum atomic E-state index is -0.368. The van der Waals surface area contributed by atoms with Crippen molar-refractivity contribution in [3.05, 3.63) is 47.6 Å². The Kier molecular flexibility index (Phi) is 4.74. The predicted molar refractivity (Wildman–Crippen MR) is 98.4 cm³/mol. The van der Waals surface area contributed by atoms with Crippen LogP contribution in [0.1, 0.15) is 45.4 Å². The second-order valence-electron chi connectivity index (χ2n) is 7.29. The lowest BCUT2D eigenvalue weighted by Crippen LogP contribution is -2.48. The number of carbonyl (C=O) groups excluding carboxylic acids is 1. The molecule has 0 saturated carbocycles. The fourth-order valence-corrected chi connectivity index (χ4v) is 3.57. The lowest BCUT2D eigenvalue weighted by molar-refractivity contribution is -0.128. The van der Waals surface area contributed by atoms with Crippen molar-refractivity contribution in [2.45, 2.75) is 51.0 Å². The number of amides is 1. The molecular weight excluding hydrogens is 298 g/mol. The van der Waals surface area contributed by atoms with Gasteiger partial charge in [-0.3, -0.25) is 9.69 Å². The highest BCUT2D eigenvalue weighted by Crippen LogP contribution is 2.32. The highest BCUT2D eigenvalue weighted by Gasteiger charge is 2.34. The van der Waals surface area contributed by atoms with Gasteiger partial charge in [0, 0.05) is 7.05 Å². The molecule has 128 valence electrons. The van der Waals surface area contributed by atoms with Crippen molar-refractivity contribution in [2.24, 2.45) is 16.6 Å². The molecule has 0 aromatic carbocycles. The normalized spacial score (nSPS) is 30.1. The maximum atomic E-state index is 12.1. The molecule has 3 aliphatic rings. The number of rotatable bonds is 4. The second-order valence-corrected chi connectivity index (χ2v) is 7.29. The van der Waals surface area contributed by atoms with Gasteiger partial charge in [-0.15, -0.1) is 0 Å². The van der Waals surface area contributed by atoms with Crippen LogP contribution in [-0.4, -0.2) is 29.4 Å². The summed E-state index contributed by atoms with van der Waals surface area (Å²) in [5, 5.41) is 0. The van der Waals surface area contributed by atoms with Gasteiger partial charge in [-0.25, -0.2) is 4.99 Å². The topological polar surface area (TPSA) is 58.7 Å². The van der Waals surface area contributed by atoms with E-state index in [1.807, 2.05) is 6.92 Å². The molecule has 2 N–H and O–H groups in total. The highest BCUT2D eigenvalue weighted by molar-refractivity contribution is 5.98. The number of hydrogen-bond acceptors (Lipinski definition) is 3. The van der Waals surface area contributed by atoms with Crippen molar-refractivity contribution in [1.82, 2.24) is 4.90 Å². The molecule has 2 aliphatic carbocycles. The van der Waals surface area contributed by atoms with Crippen LogP contribution in [0, 0.1) is 5.92 Å². The van der Waals surface area contributed by atoms with E-state index in [0.29, 0.717) is 18.3 Å². The van der Waals surface area contributed by atoms with Crippen LogP contribution in [0.25, 0.3) is 0 Å². The molecule has 0 radical (unpaired) electrons. The third kappa shape index (κ3) is 3.69. The lowest BCUT2D eigenvalue weighted by atomic mass is 9.83. The molecule has 24 heavy (non-hydrogen) atoms. The molecule has 1 heterocycles. The molecule has 0 bridgehead atoms. The Labute approximate surface area is 144 Å². The Hall–Kier alpha value is -2.10. The molecule has 1 aliphatic heterocycles. The maximum absolute atomic E-state index is 12.1. The third-order valence-corrected chi connectivity index (χ3v) is 5.17. The molecule has 2 unspecified atom stereocenters. The molecule has 0 saturated heterocycles. The monoisotopic (exact) mass is 325 g/mol. The average Bonchev–Trinajstić information content (AvgIpc) is 2.59. The van der Waals surface area contributed by atoms with E-state index in [4.69, 9.17) is 5.73 Å².